The minimum atomic E-state index is 0.311. The standard InChI is InChI=1S/C26H16N2O4/c29-13-17-15-31-23-12-24-22(11-21(23)25(17)27-19-7-3-1-4-8-19)26(18(14-30)16-32-24)28-20-9-5-2-6-10-20/h1-16H. The first-order valence-corrected chi connectivity index (χ1v) is 9.88. The zero-order valence-corrected chi connectivity index (χ0v) is 16.8. The van der Waals surface area contributed by atoms with E-state index >= 15 is 0 Å². The number of hydrogen-bond donors (Lipinski definition) is 0. The van der Waals surface area contributed by atoms with Crippen LogP contribution >= 0.6 is 0 Å². The van der Waals surface area contributed by atoms with Gasteiger partial charge in [-0.25, -0.2) is 9.98 Å². The smallest absolute Gasteiger partial charge is 0.155 e. The minimum Gasteiger partial charge on any atom is -0.463 e. The highest BCUT2D eigenvalue weighted by atomic mass is 16.3. The molecule has 0 spiro atoms. The molecule has 5 aromatic rings. The second-order valence-electron chi connectivity index (χ2n) is 7.05. The van der Waals surface area contributed by atoms with Crippen molar-refractivity contribution in [1.82, 2.24) is 0 Å². The number of hydrogen-bond acceptors (Lipinski definition) is 6. The minimum absolute atomic E-state index is 0.311. The molecule has 0 aliphatic heterocycles. The normalized spacial score (nSPS) is 12.4. The summed E-state index contributed by atoms with van der Waals surface area (Å²) in [5.74, 6) is 0. The van der Waals surface area contributed by atoms with Crippen molar-refractivity contribution in [2.75, 3.05) is 0 Å². The lowest BCUT2D eigenvalue weighted by atomic mass is 10.1. The van der Waals surface area contributed by atoms with Gasteiger partial charge in [-0.3, -0.25) is 9.59 Å². The Kier molecular flexibility index (Phi) is 5.01. The largest absolute Gasteiger partial charge is 0.463 e. The van der Waals surface area contributed by atoms with Crippen LogP contribution < -0.4 is 10.7 Å². The highest BCUT2D eigenvalue weighted by Crippen LogP contribution is 2.21. The Morgan fingerprint density at radius 3 is 1.44 bits per heavy atom. The summed E-state index contributed by atoms with van der Waals surface area (Å²) in [6.07, 6.45) is 4.16. The zero-order chi connectivity index (χ0) is 21.9. The van der Waals surface area contributed by atoms with Gasteiger partial charge in [0, 0.05) is 16.8 Å². The molecule has 32 heavy (non-hydrogen) atoms. The van der Waals surface area contributed by atoms with Gasteiger partial charge in [0.05, 0.1) is 33.2 Å². The number of para-hydroxylation sites is 2. The van der Waals surface area contributed by atoms with E-state index in [4.69, 9.17) is 8.83 Å². The molecule has 6 heteroatoms. The second-order valence-corrected chi connectivity index (χ2v) is 7.05. The third kappa shape index (κ3) is 3.54. The summed E-state index contributed by atoms with van der Waals surface area (Å²) in [5.41, 5.74) is 3.00. The number of aldehydes is 2. The maximum atomic E-state index is 11.7. The molecular formula is C26H16N2O4. The molecule has 6 nitrogen and oxygen atoms in total. The van der Waals surface area contributed by atoms with Crippen molar-refractivity contribution in [2.45, 2.75) is 0 Å². The van der Waals surface area contributed by atoms with Crippen LogP contribution in [0.1, 0.15) is 20.7 Å². The van der Waals surface area contributed by atoms with Crippen LogP contribution in [-0.4, -0.2) is 12.6 Å². The quantitative estimate of drug-likeness (QED) is 0.293. The van der Waals surface area contributed by atoms with E-state index in [1.807, 2.05) is 60.7 Å². The van der Waals surface area contributed by atoms with Crippen molar-refractivity contribution < 1.29 is 18.4 Å². The summed E-state index contributed by atoms with van der Waals surface area (Å²) in [4.78, 5) is 32.8. The fourth-order valence-corrected chi connectivity index (χ4v) is 3.48. The summed E-state index contributed by atoms with van der Waals surface area (Å²) >= 11 is 0. The van der Waals surface area contributed by atoms with E-state index in [1.54, 1.807) is 12.1 Å². The van der Waals surface area contributed by atoms with Crippen LogP contribution in [0.25, 0.3) is 21.9 Å². The summed E-state index contributed by atoms with van der Waals surface area (Å²) in [6, 6.07) is 22.2. The van der Waals surface area contributed by atoms with E-state index in [-0.39, 0.29) is 0 Å². The van der Waals surface area contributed by atoms with Gasteiger partial charge in [0.1, 0.15) is 23.7 Å². The Labute approximate surface area is 181 Å². The third-order valence-electron chi connectivity index (χ3n) is 5.01. The monoisotopic (exact) mass is 420 g/mol. The van der Waals surface area contributed by atoms with Crippen molar-refractivity contribution in [1.29, 1.82) is 0 Å². The van der Waals surface area contributed by atoms with Crippen LogP contribution in [0.4, 0.5) is 11.4 Å². The summed E-state index contributed by atoms with van der Waals surface area (Å²) in [5, 5.41) is 2.15. The van der Waals surface area contributed by atoms with Gasteiger partial charge in [-0.05, 0) is 30.3 Å². The number of carbonyl (C=O) groups excluding carboxylic acids is 2. The van der Waals surface area contributed by atoms with E-state index in [1.165, 1.54) is 12.5 Å². The number of benzene rings is 3. The molecule has 0 saturated carbocycles. The third-order valence-corrected chi connectivity index (χ3v) is 5.01. The van der Waals surface area contributed by atoms with Gasteiger partial charge in [0.2, 0.25) is 0 Å². The first kappa shape index (κ1) is 19.4. The Morgan fingerprint density at radius 1 is 0.594 bits per heavy atom. The van der Waals surface area contributed by atoms with Crippen molar-refractivity contribution in [2.24, 2.45) is 9.98 Å². The molecule has 0 fully saturated rings. The van der Waals surface area contributed by atoms with Crippen LogP contribution in [0.5, 0.6) is 0 Å². The molecule has 0 aliphatic carbocycles. The van der Waals surface area contributed by atoms with Gasteiger partial charge in [-0.15, -0.1) is 0 Å². The number of rotatable bonds is 4. The number of nitrogens with zero attached hydrogens (tertiary/aromatic N) is 2. The van der Waals surface area contributed by atoms with Crippen molar-refractivity contribution >= 4 is 45.9 Å². The van der Waals surface area contributed by atoms with Gasteiger partial charge < -0.3 is 8.83 Å². The number of carbonyl (C=O) groups is 2. The summed E-state index contributed by atoms with van der Waals surface area (Å²) in [7, 11) is 0. The summed E-state index contributed by atoms with van der Waals surface area (Å²) in [6.45, 7) is 0. The van der Waals surface area contributed by atoms with Crippen LogP contribution in [0.3, 0.4) is 0 Å². The average molecular weight is 420 g/mol. The molecule has 5 rings (SSSR count). The molecular weight excluding hydrogens is 404 g/mol. The maximum Gasteiger partial charge on any atom is 0.155 e. The predicted molar refractivity (Wildman–Crippen MR) is 120 cm³/mol. The number of fused-ring (bicyclic) bond motifs is 2. The molecule has 0 bridgehead atoms. The van der Waals surface area contributed by atoms with Crippen LogP contribution in [0.15, 0.2) is 104 Å². The van der Waals surface area contributed by atoms with Crippen molar-refractivity contribution in [3.8, 4) is 0 Å². The van der Waals surface area contributed by atoms with Crippen LogP contribution in [0.2, 0.25) is 0 Å². The highest BCUT2D eigenvalue weighted by molar-refractivity contribution is 5.95. The molecule has 2 aromatic heterocycles. The lowest BCUT2D eigenvalue weighted by Crippen LogP contribution is -2.13. The average Bonchev–Trinajstić information content (AvgIpc) is 2.85. The SMILES string of the molecule is O=Cc1coc2cc3occ(C=O)c(=Nc4ccccc4)c3cc2c1=Nc1ccccc1. The Morgan fingerprint density at radius 2 is 1.03 bits per heavy atom. The Bertz CT molecular complexity index is 1480. The molecule has 3 aromatic carbocycles. The van der Waals surface area contributed by atoms with Gasteiger partial charge in [0.15, 0.2) is 12.6 Å². The fraction of sp³-hybridized carbons (Fsp3) is 0. The topological polar surface area (TPSA) is 85.1 Å². The second kappa shape index (κ2) is 8.28. The fourth-order valence-electron chi connectivity index (χ4n) is 3.48. The summed E-state index contributed by atoms with van der Waals surface area (Å²) < 4.78 is 11.4. The van der Waals surface area contributed by atoms with Crippen molar-refractivity contribution in [3.05, 3.63) is 107 Å². The first-order valence-electron chi connectivity index (χ1n) is 9.88. The van der Waals surface area contributed by atoms with E-state index in [9.17, 15) is 9.59 Å². The molecule has 0 atom stereocenters. The molecule has 0 N–H and O–H groups in total. The van der Waals surface area contributed by atoms with Crippen LogP contribution in [-0.2, 0) is 0 Å². The van der Waals surface area contributed by atoms with Crippen LogP contribution in [0, 0.1) is 0 Å². The first-order chi connectivity index (χ1) is 15.8. The lowest BCUT2D eigenvalue weighted by molar-refractivity contribution is 0.111. The van der Waals surface area contributed by atoms with E-state index < -0.39 is 0 Å². The molecule has 0 amide bonds. The van der Waals surface area contributed by atoms with Gasteiger partial charge in [-0.2, -0.15) is 0 Å². The highest BCUT2D eigenvalue weighted by Gasteiger charge is 2.12. The maximum absolute atomic E-state index is 11.7. The van der Waals surface area contributed by atoms with E-state index in [2.05, 4.69) is 9.98 Å². The molecule has 0 radical (unpaired) electrons. The van der Waals surface area contributed by atoms with Gasteiger partial charge in [0.25, 0.3) is 0 Å². The molecule has 2 heterocycles. The molecule has 0 unspecified atom stereocenters. The van der Waals surface area contributed by atoms with Gasteiger partial charge in [-0.1, -0.05) is 36.4 Å². The van der Waals surface area contributed by atoms with E-state index in [0.29, 0.717) is 67.7 Å². The molecule has 0 saturated heterocycles. The lowest BCUT2D eigenvalue weighted by Gasteiger charge is -2.06. The molecule has 0 aliphatic rings. The predicted octanol–water partition coefficient (Wildman–Crippen LogP) is 5.27. The Hall–Kier alpha value is -4.58. The van der Waals surface area contributed by atoms with Crippen molar-refractivity contribution in [3.63, 3.8) is 0 Å². The zero-order valence-electron chi connectivity index (χ0n) is 16.8. The van der Waals surface area contributed by atoms with Gasteiger partial charge >= 0.3 is 0 Å². The molecule has 154 valence electrons. The Balaban J connectivity index is 1.92. The van der Waals surface area contributed by atoms with E-state index in [0.717, 1.165) is 0 Å².